The van der Waals surface area contributed by atoms with Crippen molar-refractivity contribution in [1.29, 1.82) is 0 Å². The summed E-state index contributed by atoms with van der Waals surface area (Å²) in [6.45, 7) is 7.95. The number of hydrogen-bond donors (Lipinski definition) is 1. The molecule has 5 rings (SSSR count). The fourth-order valence-corrected chi connectivity index (χ4v) is 5.02. The van der Waals surface area contributed by atoms with Crippen molar-refractivity contribution in [1.82, 2.24) is 25.3 Å². The summed E-state index contributed by atoms with van der Waals surface area (Å²) in [5.41, 5.74) is 5.89. The lowest BCUT2D eigenvalue weighted by molar-refractivity contribution is -0.125. The maximum Gasteiger partial charge on any atom is 0.225 e. The van der Waals surface area contributed by atoms with Crippen molar-refractivity contribution < 1.29 is 9.53 Å². The van der Waals surface area contributed by atoms with E-state index in [1.807, 2.05) is 35.9 Å². The minimum absolute atomic E-state index is 0.0447. The topological polar surface area (TPSA) is 85.2 Å². The molecule has 1 saturated heterocycles. The molecule has 0 bridgehead atoms. The number of para-hydroxylation sites is 1. The SMILES string of the molecule is COc1ccccc1CNC(=O)C1CCCN(c2nnc(C)c3c(C)n(-c4ccc(C)cc4)nc23)C1. The van der Waals surface area contributed by atoms with E-state index < -0.39 is 0 Å². The molecule has 1 amide bonds. The number of fused-ring (bicyclic) bond motifs is 1. The minimum atomic E-state index is -0.133. The molecule has 36 heavy (non-hydrogen) atoms. The quantitative estimate of drug-likeness (QED) is 0.440. The van der Waals surface area contributed by atoms with Crippen LogP contribution >= 0.6 is 0 Å². The Morgan fingerprint density at radius 3 is 2.64 bits per heavy atom. The van der Waals surface area contributed by atoms with Gasteiger partial charge < -0.3 is 15.0 Å². The van der Waals surface area contributed by atoms with Gasteiger partial charge in [0.2, 0.25) is 5.91 Å². The van der Waals surface area contributed by atoms with Crippen LogP contribution in [-0.2, 0) is 11.3 Å². The predicted molar refractivity (Wildman–Crippen MR) is 141 cm³/mol. The number of carbonyl (C=O) groups excluding carboxylic acids is 1. The molecule has 0 spiro atoms. The zero-order chi connectivity index (χ0) is 25.2. The molecule has 0 saturated carbocycles. The summed E-state index contributed by atoms with van der Waals surface area (Å²) in [5.74, 6) is 1.43. The number of amides is 1. The third-order valence-electron chi connectivity index (χ3n) is 7.00. The first-order valence-electron chi connectivity index (χ1n) is 12.4. The number of carbonyl (C=O) groups is 1. The van der Waals surface area contributed by atoms with E-state index in [0.29, 0.717) is 13.1 Å². The molecule has 2 aromatic carbocycles. The van der Waals surface area contributed by atoms with Crippen LogP contribution in [0.5, 0.6) is 5.75 Å². The Balaban J connectivity index is 1.39. The molecule has 3 heterocycles. The number of hydrogen-bond acceptors (Lipinski definition) is 6. The molecule has 8 heteroatoms. The van der Waals surface area contributed by atoms with Crippen molar-refractivity contribution in [3.05, 3.63) is 71.0 Å². The molecule has 1 N–H and O–H groups in total. The number of nitrogens with zero attached hydrogens (tertiary/aromatic N) is 5. The zero-order valence-electron chi connectivity index (χ0n) is 21.3. The molecule has 2 aromatic heterocycles. The molecule has 0 radical (unpaired) electrons. The Labute approximate surface area is 211 Å². The number of aryl methyl sites for hydroxylation is 3. The van der Waals surface area contributed by atoms with Crippen LogP contribution in [0.25, 0.3) is 16.6 Å². The van der Waals surface area contributed by atoms with Crippen molar-refractivity contribution in [3.8, 4) is 11.4 Å². The predicted octanol–water partition coefficient (Wildman–Crippen LogP) is 4.28. The summed E-state index contributed by atoms with van der Waals surface area (Å²) in [4.78, 5) is 15.3. The first kappa shape index (κ1) is 23.8. The third kappa shape index (κ3) is 4.51. The van der Waals surface area contributed by atoms with E-state index in [1.54, 1.807) is 7.11 Å². The lowest BCUT2D eigenvalue weighted by atomic mass is 9.97. The van der Waals surface area contributed by atoms with Gasteiger partial charge in [-0.3, -0.25) is 4.79 Å². The molecule has 8 nitrogen and oxygen atoms in total. The monoisotopic (exact) mass is 484 g/mol. The number of anilines is 1. The summed E-state index contributed by atoms with van der Waals surface area (Å²) in [6, 6.07) is 16.1. The van der Waals surface area contributed by atoms with Crippen LogP contribution in [0, 0.1) is 26.7 Å². The first-order chi connectivity index (χ1) is 17.5. The fraction of sp³-hybridized carbons (Fsp3) is 0.357. The number of rotatable bonds is 6. The van der Waals surface area contributed by atoms with Crippen molar-refractivity contribution in [3.63, 3.8) is 0 Å². The lowest BCUT2D eigenvalue weighted by Gasteiger charge is -2.32. The van der Waals surface area contributed by atoms with E-state index in [0.717, 1.165) is 64.5 Å². The van der Waals surface area contributed by atoms with Crippen molar-refractivity contribution in [2.24, 2.45) is 5.92 Å². The zero-order valence-corrected chi connectivity index (χ0v) is 21.3. The highest BCUT2D eigenvalue weighted by atomic mass is 16.5. The molecule has 0 aliphatic carbocycles. The second-order valence-corrected chi connectivity index (χ2v) is 9.48. The summed E-state index contributed by atoms with van der Waals surface area (Å²) >= 11 is 0. The number of methoxy groups -OCH3 is 1. The Morgan fingerprint density at radius 1 is 1.08 bits per heavy atom. The molecule has 186 valence electrons. The second kappa shape index (κ2) is 9.97. The number of nitrogens with one attached hydrogen (secondary N) is 1. The Hall–Kier alpha value is -3.94. The van der Waals surface area contributed by atoms with E-state index in [9.17, 15) is 4.79 Å². The smallest absolute Gasteiger partial charge is 0.225 e. The summed E-state index contributed by atoms with van der Waals surface area (Å²) < 4.78 is 7.38. The van der Waals surface area contributed by atoms with Crippen LogP contribution in [-0.4, -0.2) is 46.1 Å². The Morgan fingerprint density at radius 2 is 1.86 bits per heavy atom. The lowest BCUT2D eigenvalue weighted by Crippen LogP contribution is -2.43. The normalized spacial score (nSPS) is 15.8. The fourth-order valence-electron chi connectivity index (χ4n) is 5.02. The van der Waals surface area contributed by atoms with E-state index in [4.69, 9.17) is 9.84 Å². The van der Waals surface area contributed by atoms with E-state index in [1.165, 1.54) is 5.56 Å². The van der Waals surface area contributed by atoms with Crippen LogP contribution in [0.3, 0.4) is 0 Å². The molecule has 1 aliphatic rings. The molecule has 1 unspecified atom stereocenters. The summed E-state index contributed by atoms with van der Waals surface area (Å²) in [7, 11) is 1.64. The highest BCUT2D eigenvalue weighted by Gasteiger charge is 2.29. The van der Waals surface area contributed by atoms with Crippen molar-refractivity contribution >= 4 is 22.6 Å². The van der Waals surface area contributed by atoms with Crippen LogP contribution < -0.4 is 15.0 Å². The summed E-state index contributed by atoms with van der Waals surface area (Å²) in [6.07, 6.45) is 1.75. The van der Waals surface area contributed by atoms with Gasteiger partial charge in [-0.05, 0) is 51.8 Å². The molecule has 1 fully saturated rings. The number of ether oxygens (including phenoxy) is 1. The standard InChI is InChI=1S/C28H32N6O2/c1-18-11-13-23(14-12-18)34-20(3)25-19(2)30-31-27(26(25)32-34)33-15-7-9-22(17-33)28(35)29-16-21-8-5-6-10-24(21)36-4/h5-6,8,10-14,22H,7,9,15-17H2,1-4H3,(H,29,35). The van der Waals surface area contributed by atoms with Crippen LogP contribution in [0.15, 0.2) is 48.5 Å². The van der Waals surface area contributed by atoms with Gasteiger partial charge in [0.05, 0.1) is 35.5 Å². The average molecular weight is 485 g/mol. The summed E-state index contributed by atoms with van der Waals surface area (Å²) in [5, 5.41) is 18.1. The largest absolute Gasteiger partial charge is 0.496 e. The van der Waals surface area contributed by atoms with Crippen molar-refractivity contribution in [2.45, 2.75) is 40.2 Å². The Bertz CT molecular complexity index is 1400. The molecular formula is C28H32N6O2. The number of piperidine rings is 1. The molecule has 4 aromatic rings. The van der Waals surface area contributed by atoms with Gasteiger partial charge in [-0.25, -0.2) is 4.68 Å². The van der Waals surface area contributed by atoms with E-state index >= 15 is 0 Å². The Kier molecular flexibility index (Phi) is 6.59. The van der Waals surface area contributed by atoms with E-state index in [-0.39, 0.29) is 11.8 Å². The van der Waals surface area contributed by atoms with Crippen LogP contribution in [0.1, 0.15) is 35.4 Å². The van der Waals surface area contributed by atoms with E-state index in [2.05, 4.69) is 58.5 Å². The van der Waals surface area contributed by atoms with Crippen LogP contribution in [0.2, 0.25) is 0 Å². The third-order valence-corrected chi connectivity index (χ3v) is 7.00. The highest BCUT2D eigenvalue weighted by Crippen LogP contribution is 2.31. The maximum atomic E-state index is 13.1. The maximum absolute atomic E-state index is 13.1. The van der Waals surface area contributed by atoms with Gasteiger partial charge in [-0.1, -0.05) is 35.9 Å². The van der Waals surface area contributed by atoms with Crippen LogP contribution in [0.4, 0.5) is 5.82 Å². The van der Waals surface area contributed by atoms with Crippen molar-refractivity contribution in [2.75, 3.05) is 25.1 Å². The van der Waals surface area contributed by atoms with Gasteiger partial charge in [-0.15, -0.1) is 5.10 Å². The second-order valence-electron chi connectivity index (χ2n) is 9.48. The first-order valence-corrected chi connectivity index (χ1v) is 12.4. The molecule has 1 aliphatic heterocycles. The van der Waals surface area contributed by atoms with Gasteiger partial charge in [-0.2, -0.15) is 10.2 Å². The van der Waals surface area contributed by atoms with Gasteiger partial charge in [0.1, 0.15) is 11.3 Å². The van der Waals surface area contributed by atoms with Gasteiger partial charge >= 0.3 is 0 Å². The molecular weight excluding hydrogens is 452 g/mol. The van der Waals surface area contributed by atoms with Gasteiger partial charge in [0.25, 0.3) is 0 Å². The minimum Gasteiger partial charge on any atom is -0.496 e. The number of aromatic nitrogens is 4. The van der Waals surface area contributed by atoms with Gasteiger partial charge in [0.15, 0.2) is 5.82 Å². The average Bonchev–Trinajstić information content (AvgIpc) is 3.26. The molecule has 1 atom stereocenters. The highest BCUT2D eigenvalue weighted by molar-refractivity contribution is 5.92. The van der Waals surface area contributed by atoms with Gasteiger partial charge in [0, 0.05) is 25.2 Å². The number of benzene rings is 2.